The van der Waals surface area contributed by atoms with Gasteiger partial charge in [0, 0.05) is 5.56 Å². The van der Waals surface area contributed by atoms with Crippen molar-refractivity contribution in [3.05, 3.63) is 54.1 Å². The second-order valence-electron chi connectivity index (χ2n) is 5.83. The lowest BCUT2D eigenvalue weighted by Crippen LogP contribution is -2.23. The predicted molar refractivity (Wildman–Crippen MR) is 86.7 cm³/mol. The average molecular weight is 315 g/mol. The Morgan fingerprint density at radius 2 is 1.08 bits per heavy atom. The van der Waals surface area contributed by atoms with Gasteiger partial charge in [0.05, 0.1) is 0 Å². The smallest absolute Gasteiger partial charge is 0.156 e. The highest BCUT2D eigenvalue weighted by Gasteiger charge is 2.41. The van der Waals surface area contributed by atoms with Gasteiger partial charge in [0.1, 0.15) is 23.3 Å². The van der Waals surface area contributed by atoms with E-state index in [1.54, 1.807) is 12.1 Å². The summed E-state index contributed by atoms with van der Waals surface area (Å²) in [7, 11) is 0. The third-order valence-electron chi connectivity index (χ3n) is 4.45. The van der Waals surface area contributed by atoms with Crippen LogP contribution in [0.2, 0.25) is 0 Å². The lowest BCUT2D eigenvalue weighted by atomic mass is 10.0. The van der Waals surface area contributed by atoms with Crippen LogP contribution >= 0.6 is 0 Å². The molecule has 3 aromatic rings. The summed E-state index contributed by atoms with van der Waals surface area (Å²) < 4.78 is 18.1. The fraction of sp³-hybridized carbons (Fsp3) is 0. The van der Waals surface area contributed by atoms with Crippen molar-refractivity contribution in [1.82, 2.24) is 0 Å². The van der Waals surface area contributed by atoms with E-state index in [0.717, 1.165) is 34.8 Å². The maximum absolute atomic E-state index is 11.3. The van der Waals surface area contributed by atoms with Gasteiger partial charge in [0.15, 0.2) is 34.5 Å². The fourth-order valence-electron chi connectivity index (χ4n) is 3.51. The minimum Gasteiger partial charge on any atom is -0.453 e. The van der Waals surface area contributed by atoms with Crippen LogP contribution in [-0.2, 0) is 0 Å². The molecule has 0 saturated carbocycles. The summed E-state index contributed by atoms with van der Waals surface area (Å²) in [6, 6.07) is 14.8. The van der Waals surface area contributed by atoms with Gasteiger partial charge in [-0.05, 0) is 36.4 Å². The Kier molecular flexibility index (Phi) is 1.95. The summed E-state index contributed by atoms with van der Waals surface area (Å²) in [4.78, 5) is 13.4. The van der Waals surface area contributed by atoms with Crippen molar-refractivity contribution in [2.24, 2.45) is 0 Å². The second kappa shape index (κ2) is 3.89. The second-order valence-corrected chi connectivity index (χ2v) is 5.83. The number of carbonyl (C=O) groups is 1. The fourth-order valence-corrected chi connectivity index (χ4v) is 3.51. The molecule has 3 aromatic carbocycles. The van der Waals surface area contributed by atoms with Gasteiger partial charge in [0.2, 0.25) is 0 Å². The van der Waals surface area contributed by atoms with Gasteiger partial charge in [-0.15, -0.1) is 0 Å². The first kappa shape index (κ1) is 12.0. The maximum Gasteiger partial charge on any atom is 0.156 e. The first-order chi connectivity index (χ1) is 11.8. The van der Waals surface area contributed by atoms with E-state index in [9.17, 15) is 4.79 Å². The van der Waals surface area contributed by atoms with Crippen LogP contribution in [0.15, 0.2) is 48.5 Å². The summed E-state index contributed by atoms with van der Waals surface area (Å²) in [6.07, 6.45) is 0.792. The third-order valence-corrected chi connectivity index (χ3v) is 4.45. The molecule has 5 heteroatoms. The van der Waals surface area contributed by atoms with Crippen molar-refractivity contribution < 1.29 is 19.0 Å². The normalized spacial score (nSPS) is 14.1. The van der Waals surface area contributed by atoms with E-state index >= 15 is 0 Å². The van der Waals surface area contributed by atoms with Gasteiger partial charge < -0.3 is 14.2 Å². The molecule has 0 N–H and O–H groups in total. The lowest BCUT2D eigenvalue weighted by Gasteiger charge is -2.41. The summed E-state index contributed by atoms with van der Waals surface area (Å²) in [5, 5.41) is 0. The number of hydrogen-bond acceptors (Lipinski definition) is 5. The highest BCUT2D eigenvalue weighted by Crippen LogP contribution is 2.66. The van der Waals surface area contributed by atoms with E-state index in [4.69, 9.17) is 14.2 Å². The Morgan fingerprint density at radius 3 is 1.54 bits per heavy atom. The highest BCUT2D eigenvalue weighted by molar-refractivity contribution is 6.00. The molecule has 3 heterocycles. The van der Waals surface area contributed by atoms with Gasteiger partial charge in [-0.3, -0.25) is 9.69 Å². The number of ether oxygens (including phenoxy) is 3. The van der Waals surface area contributed by atoms with Crippen molar-refractivity contribution in [3.63, 3.8) is 0 Å². The summed E-state index contributed by atoms with van der Waals surface area (Å²) in [6.45, 7) is 0. The monoisotopic (exact) mass is 315 g/mol. The zero-order valence-corrected chi connectivity index (χ0v) is 12.3. The van der Waals surface area contributed by atoms with Crippen LogP contribution in [0.1, 0.15) is 10.4 Å². The summed E-state index contributed by atoms with van der Waals surface area (Å²) in [5.74, 6) is 4.04. The van der Waals surface area contributed by atoms with Crippen molar-refractivity contribution in [2.45, 2.75) is 0 Å². The maximum atomic E-state index is 11.3. The van der Waals surface area contributed by atoms with Crippen molar-refractivity contribution in [3.8, 4) is 34.5 Å². The molecule has 0 bridgehead atoms. The van der Waals surface area contributed by atoms with E-state index in [-0.39, 0.29) is 0 Å². The largest absolute Gasteiger partial charge is 0.453 e. The van der Waals surface area contributed by atoms with Crippen LogP contribution in [0.25, 0.3) is 0 Å². The quantitative estimate of drug-likeness (QED) is 0.386. The number of nitrogens with zero attached hydrogens (tertiary/aromatic N) is 1. The van der Waals surface area contributed by atoms with Gasteiger partial charge >= 0.3 is 0 Å². The number of hydrogen-bond donors (Lipinski definition) is 0. The first-order valence-corrected chi connectivity index (χ1v) is 7.56. The molecule has 0 radical (unpaired) electrons. The molecule has 3 aliphatic rings. The minimum atomic E-state index is 0.510. The predicted octanol–water partition coefficient (Wildman–Crippen LogP) is 5.29. The molecule has 0 saturated heterocycles. The van der Waals surface area contributed by atoms with Crippen molar-refractivity contribution in [1.29, 1.82) is 0 Å². The highest BCUT2D eigenvalue weighted by atomic mass is 16.5. The first-order valence-electron chi connectivity index (χ1n) is 7.56. The molecule has 114 valence electrons. The number of rotatable bonds is 1. The van der Waals surface area contributed by atoms with Crippen LogP contribution < -0.4 is 19.1 Å². The van der Waals surface area contributed by atoms with Crippen molar-refractivity contribution in [2.75, 3.05) is 4.90 Å². The molecule has 0 aliphatic carbocycles. The van der Waals surface area contributed by atoms with Crippen LogP contribution in [0.3, 0.4) is 0 Å². The number of carbonyl (C=O) groups excluding carboxylic acids is 1. The standard InChI is InChI=1S/C19H9NO4/c21-9-10-7-15-19-16(8-10)24-14-6-2-4-12-18(14)20(19)17-11(22-12)3-1-5-13(17)23-15/h1-9H. The number of aldehydes is 1. The molecular formula is C19H9NO4. The van der Waals surface area contributed by atoms with E-state index in [1.165, 1.54) is 0 Å². The Morgan fingerprint density at radius 1 is 0.667 bits per heavy atom. The molecule has 0 spiro atoms. The lowest BCUT2D eigenvalue weighted by molar-refractivity contribution is 0.112. The van der Waals surface area contributed by atoms with Crippen molar-refractivity contribution >= 4 is 23.3 Å². The Bertz CT molecular complexity index is 996. The molecule has 6 rings (SSSR count). The topological polar surface area (TPSA) is 48.0 Å². The molecule has 0 fully saturated rings. The number of benzene rings is 3. The summed E-state index contributed by atoms with van der Waals surface area (Å²) >= 11 is 0. The van der Waals surface area contributed by atoms with Gasteiger partial charge in [0.25, 0.3) is 0 Å². The van der Waals surface area contributed by atoms with E-state index in [0.29, 0.717) is 28.6 Å². The molecule has 0 aromatic heterocycles. The molecule has 0 amide bonds. The molecule has 3 aliphatic heterocycles. The van der Waals surface area contributed by atoms with Crippen LogP contribution in [-0.4, -0.2) is 6.29 Å². The minimum absolute atomic E-state index is 0.510. The molecule has 5 nitrogen and oxygen atoms in total. The Balaban J connectivity index is 1.77. The zero-order valence-electron chi connectivity index (χ0n) is 12.3. The molecular weight excluding hydrogens is 306 g/mol. The van der Waals surface area contributed by atoms with Crippen LogP contribution in [0.5, 0.6) is 34.5 Å². The van der Waals surface area contributed by atoms with Crippen LogP contribution in [0.4, 0.5) is 17.1 Å². The van der Waals surface area contributed by atoms with Gasteiger partial charge in [-0.25, -0.2) is 0 Å². The average Bonchev–Trinajstić information content (AvgIpc) is 2.61. The molecule has 0 atom stereocenters. The third kappa shape index (κ3) is 1.29. The molecule has 24 heavy (non-hydrogen) atoms. The van der Waals surface area contributed by atoms with E-state index < -0.39 is 0 Å². The SMILES string of the molecule is O=Cc1cc2c3c(c1)Oc1cccc4c1N3c1c(cccc1O2)O4. The van der Waals surface area contributed by atoms with Crippen LogP contribution in [0, 0.1) is 0 Å². The number of anilines is 3. The zero-order chi connectivity index (χ0) is 15.8. The number of para-hydroxylation sites is 2. The van der Waals surface area contributed by atoms with Gasteiger partial charge in [-0.2, -0.15) is 0 Å². The van der Waals surface area contributed by atoms with E-state index in [2.05, 4.69) is 4.90 Å². The molecule has 0 unspecified atom stereocenters. The summed E-state index contributed by atoms with van der Waals surface area (Å²) in [5.41, 5.74) is 3.02. The Labute approximate surface area is 136 Å². The Hall–Kier alpha value is -3.47. The van der Waals surface area contributed by atoms with E-state index in [1.807, 2.05) is 36.4 Å². The van der Waals surface area contributed by atoms with Gasteiger partial charge in [-0.1, -0.05) is 12.1 Å².